The van der Waals surface area contributed by atoms with Gasteiger partial charge in [-0.2, -0.15) is 0 Å². The van der Waals surface area contributed by atoms with Gasteiger partial charge < -0.3 is 19.5 Å². The molecular weight excluding hydrogens is 494 g/mol. The van der Waals surface area contributed by atoms with E-state index in [1.807, 2.05) is 43.3 Å². The molecule has 5 rings (SSSR count). The van der Waals surface area contributed by atoms with E-state index in [0.29, 0.717) is 10.6 Å². The molecule has 0 saturated carbocycles. The topological polar surface area (TPSA) is 48.7 Å². The Balaban J connectivity index is 1.54. The Bertz CT molecular complexity index is 1450. The van der Waals surface area contributed by atoms with E-state index in [1.54, 1.807) is 0 Å². The van der Waals surface area contributed by atoms with Crippen LogP contribution >= 0.6 is 11.6 Å². The van der Waals surface area contributed by atoms with Crippen molar-refractivity contribution in [2.45, 2.75) is 33.7 Å². The predicted molar refractivity (Wildman–Crippen MR) is 158 cm³/mol. The summed E-state index contributed by atoms with van der Waals surface area (Å²) >= 11 is 6.20. The van der Waals surface area contributed by atoms with Crippen LogP contribution in [0.2, 0.25) is 5.02 Å². The van der Waals surface area contributed by atoms with E-state index in [1.165, 1.54) is 11.3 Å². The zero-order valence-electron chi connectivity index (χ0n) is 22.4. The Kier molecular flexibility index (Phi) is 7.22. The molecule has 0 atom stereocenters. The molecule has 1 fully saturated rings. The van der Waals surface area contributed by atoms with Crippen molar-refractivity contribution in [2.24, 2.45) is 0 Å². The summed E-state index contributed by atoms with van der Waals surface area (Å²) in [5.41, 5.74) is 8.27. The molecule has 1 aromatic heterocycles. The second-order valence-electron chi connectivity index (χ2n) is 10.3. The second kappa shape index (κ2) is 10.6. The van der Waals surface area contributed by atoms with Gasteiger partial charge in [0.05, 0.1) is 11.3 Å². The molecule has 3 aromatic carbocycles. The normalized spacial score (nSPS) is 13.8. The summed E-state index contributed by atoms with van der Waals surface area (Å²) in [6, 6.07) is 24.8. The molecule has 2 heterocycles. The minimum absolute atomic E-state index is 0.0885. The van der Waals surface area contributed by atoms with Gasteiger partial charge in [0.15, 0.2) is 0 Å². The monoisotopic (exact) mass is 527 g/mol. The van der Waals surface area contributed by atoms with Crippen molar-refractivity contribution in [3.63, 3.8) is 0 Å². The van der Waals surface area contributed by atoms with E-state index in [9.17, 15) is 9.90 Å². The Morgan fingerprint density at radius 1 is 0.816 bits per heavy atom. The molecular formula is C32H34ClN3O2. The van der Waals surface area contributed by atoms with Crippen molar-refractivity contribution in [1.82, 2.24) is 4.57 Å². The van der Waals surface area contributed by atoms with Crippen molar-refractivity contribution in [3.8, 4) is 22.4 Å². The van der Waals surface area contributed by atoms with E-state index in [-0.39, 0.29) is 6.04 Å². The maximum Gasteiger partial charge on any atom is 0.338 e. The average Bonchev–Trinajstić information content (AvgIpc) is 3.23. The van der Waals surface area contributed by atoms with Gasteiger partial charge in [-0.05, 0) is 75.2 Å². The third-order valence-corrected chi connectivity index (χ3v) is 7.73. The van der Waals surface area contributed by atoms with E-state index in [2.05, 4.69) is 71.5 Å². The van der Waals surface area contributed by atoms with E-state index in [4.69, 9.17) is 11.6 Å². The van der Waals surface area contributed by atoms with Crippen LogP contribution in [0.15, 0.2) is 72.8 Å². The molecule has 0 unspecified atom stereocenters. The van der Waals surface area contributed by atoms with Crippen LogP contribution in [0, 0.1) is 13.8 Å². The van der Waals surface area contributed by atoms with Crippen LogP contribution in [-0.4, -0.2) is 41.8 Å². The molecule has 0 radical (unpaired) electrons. The summed E-state index contributed by atoms with van der Waals surface area (Å²) in [4.78, 5) is 17.4. The minimum atomic E-state index is -0.913. The molecule has 1 aliphatic rings. The van der Waals surface area contributed by atoms with Crippen LogP contribution in [0.4, 0.5) is 11.4 Å². The number of aromatic carboxylic acids is 1. The lowest BCUT2D eigenvalue weighted by Crippen LogP contribution is -2.46. The number of halogens is 1. The SMILES string of the molecule is Cc1ccc(N2CCN(c3cccc(-c4c(C(=O)O)c(C)n(C(C)C)c4-c4ccc(Cl)cc4)c3)CC2)cc1. The van der Waals surface area contributed by atoms with Crippen molar-refractivity contribution in [3.05, 3.63) is 94.6 Å². The number of nitrogens with zero attached hydrogens (tertiary/aromatic N) is 3. The number of benzene rings is 3. The van der Waals surface area contributed by atoms with Gasteiger partial charge in [-0.1, -0.05) is 53.6 Å². The Hall–Kier alpha value is -3.70. The number of anilines is 2. The van der Waals surface area contributed by atoms with Crippen molar-refractivity contribution in [1.29, 1.82) is 0 Å². The van der Waals surface area contributed by atoms with Gasteiger partial charge in [-0.25, -0.2) is 4.79 Å². The van der Waals surface area contributed by atoms with Crippen molar-refractivity contribution in [2.75, 3.05) is 36.0 Å². The highest BCUT2D eigenvalue weighted by molar-refractivity contribution is 6.30. The quantitative estimate of drug-likeness (QED) is 0.279. The molecule has 0 aliphatic carbocycles. The summed E-state index contributed by atoms with van der Waals surface area (Å²) in [7, 11) is 0. The van der Waals surface area contributed by atoms with E-state index in [0.717, 1.165) is 59.9 Å². The smallest absolute Gasteiger partial charge is 0.338 e. The van der Waals surface area contributed by atoms with Crippen LogP contribution in [0.3, 0.4) is 0 Å². The fraction of sp³-hybridized carbons (Fsp3) is 0.281. The van der Waals surface area contributed by atoms with Crippen LogP contribution < -0.4 is 9.80 Å². The fourth-order valence-electron chi connectivity index (χ4n) is 5.62. The molecule has 38 heavy (non-hydrogen) atoms. The minimum Gasteiger partial charge on any atom is -0.478 e. The molecule has 6 heteroatoms. The summed E-state index contributed by atoms with van der Waals surface area (Å²) in [5, 5.41) is 11.0. The van der Waals surface area contributed by atoms with Crippen LogP contribution in [0.5, 0.6) is 0 Å². The summed E-state index contributed by atoms with van der Waals surface area (Å²) in [6.07, 6.45) is 0. The standard InChI is InChI=1S/C32H34ClN3O2/c1-21(2)36-23(4)29(32(37)38)30(31(36)24-10-12-26(33)13-11-24)25-6-5-7-28(20-25)35-18-16-34(17-19-35)27-14-8-22(3)9-15-27/h5-15,20-21H,16-19H2,1-4H3,(H,37,38). The van der Waals surface area contributed by atoms with Gasteiger partial charge in [-0.15, -0.1) is 0 Å². The Morgan fingerprint density at radius 2 is 1.42 bits per heavy atom. The lowest BCUT2D eigenvalue weighted by Gasteiger charge is -2.37. The summed E-state index contributed by atoms with van der Waals surface area (Å²) in [6.45, 7) is 11.9. The lowest BCUT2D eigenvalue weighted by atomic mass is 9.96. The predicted octanol–water partition coefficient (Wildman–Crippen LogP) is 7.70. The number of aromatic nitrogens is 1. The summed E-state index contributed by atoms with van der Waals surface area (Å²) < 4.78 is 2.13. The van der Waals surface area contributed by atoms with Crippen molar-refractivity contribution < 1.29 is 9.90 Å². The summed E-state index contributed by atoms with van der Waals surface area (Å²) in [5.74, 6) is -0.913. The van der Waals surface area contributed by atoms with Gasteiger partial charge in [0, 0.05) is 59.9 Å². The Morgan fingerprint density at radius 3 is 2.00 bits per heavy atom. The number of carbonyl (C=O) groups is 1. The molecule has 196 valence electrons. The largest absolute Gasteiger partial charge is 0.478 e. The number of hydrogen-bond acceptors (Lipinski definition) is 3. The van der Waals surface area contributed by atoms with Gasteiger partial charge in [0.25, 0.3) is 0 Å². The average molecular weight is 528 g/mol. The van der Waals surface area contributed by atoms with Crippen LogP contribution in [-0.2, 0) is 0 Å². The van der Waals surface area contributed by atoms with Gasteiger partial charge in [0.1, 0.15) is 0 Å². The zero-order valence-corrected chi connectivity index (χ0v) is 23.2. The maximum absolute atomic E-state index is 12.6. The van der Waals surface area contributed by atoms with Crippen LogP contribution in [0.25, 0.3) is 22.4 Å². The Labute approximate surface area is 229 Å². The van der Waals surface area contributed by atoms with Gasteiger partial charge in [-0.3, -0.25) is 0 Å². The molecule has 5 nitrogen and oxygen atoms in total. The fourth-order valence-corrected chi connectivity index (χ4v) is 5.75. The van der Waals surface area contributed by atoms with Gasteiger partial charge >= 0.3 is 5.97 Å². The molecule has 0 amide bonds. The molecule has 4 aromatic rings. The molecule has 0 bridgehead atoms. The van der Waals surface area contributed by atoms with Crippen molar-refractivity contribution >= 4 is 28.9 Å². The molecule has 0 spiro atoms. The lowest BCUT2D eigenvalue weighted by molar-refractivity contribution is 0.0696. The number of aryl methyl sites for hydroxylation is 1. The third kappa shape index (κ3) is 4.91. The number of piperazine rings is 1. The molecule has 1 N–H and O–H groups in total. The maximum atomic E-state index is 12.6. The number of rotatable bonds is 6. The zero-order chi connectivity index (χ0) is 27.0. The second-order valence-corrected chi connectivity index (χ2v) is 10.8. The molecule has 1 saturated heterocycles. The number of carboxylic acid groups (broad SMARTS) is 1. The number of carboxylic acids is 1. The van der Waals surface area contributed by atoms with E-state index < -0.39 is 5.97 Å². The highest BCUT2D eigenvalue weighted by Gasteiger charge is 2.28. The highest BCUT2D eigenvalue weighted by atomic mass is 35.5. The number of hydrogen-bond donors (Lipinski definition) is 1. The van der Waals surface area contributed by atoms with E-state index >= 15 is 0 Å². The first kappa shape index (κ1) is 25.9. The third-order valence-electron chi connectivity index (χ3n) is 7.48. The molecule has 1 aliphatic heterocycles. The van der Waals surface area contributed by atoms with Gasteiger partial charge in [0.2, 0.25) is 0 Å². The first-order valence-corrected chi connectivity index (χ1v) is 13.5. The first-order valence-electron chi connectivity index (χ1n) is 13.2. The highest BCUT2D eigenvalue weighted by Crippen LogP contribution is 2.42. The van der Waals surface area contributed by atoms with Crippen LogP contribution in [0.1, 0.15) is 41.5 Å². The first-order chi connectivity index (χ1) is 18.2.